The normalized spacial score (nSPS) is 14.4. The van der Waals surface area contributed by atoms with Gasteiger partial charge in [-0.2, -0.15) is 4.98 Å². The fourth-order valence-corrected chi connectivity index (χ4v) is 5.47. The summed E-state index contributed by atoms with van der Waals surface area (Å²) in [5, 5.41) is 0.0891. The van der Waals surface area contributed by atoms with Crippen LogP contribution >= 0.6 is 0 Å². The predicted molar refractivity (Wildman–Crippen MR) is 150 cm³/mol. The third-order valence-corrected chi connectivity index (χ3v) is 7.50. The summed E-state index contributed by atoms with van der Waals surface area (Å²) >= 11 is 0. The Morgan fingerprint density at radius 2 is 2.02 bits per heavy atom. The van der Waals surface area contributed by atoms with E-state index in [0.717, 1.165) is 42.6 Å². The standard InChI is InChI=1S/C29H29FN6O4/c1-3-40-28(38)20-14-36(18-5-6-18)24-19(25(20)37)11-21(30)23(26(24)39-2)16-4-7-22-15(10-16)8-9-35(22)13-17-12-33-29(32)34-27(17)31/h4,7,10-12,14,18H,3,5-6,8-9,13H2,1-2H3,(H4,31,32,33,34). The number of nitrogens with two attached hydrogens (primary N) is 2. The average Bonchev–Trinajstić information content (AvgIpc) is 3.70. The minimum Gasteiger partial charge on any atom is -0.494 e. The molecule has 1 aliphatic carbocycles. The molecule has 0 amide bonds. The zero-order valence-corrected chi connectivity index (χ0v) is 22.2. The monoisotopic (exact) mass is 544 g/mol. The molecule has 1 saturated carbocycles. The number of pyridine rings is 1. The summed E-state index contributed by atoms with van der Waals surface area (Å²) in [6.07, 6.45) is 5.68. The van der Waals surface area contributed by atoms with Crippen molar-refractivity contribution < 1.29 is 18.7 Å². The molecule has 206 valence electrons. The summed E-state index contributed by atoms with van der Waals surface area (Å²) in [5.41, 5.74) is 15.2. The second-order valence-electron chi connectivity index (χ2n) is 10.0. The van der Waals surface area contributed by atoms with Crippen LogP contribution in [-0.4, -0.2) is 40.8 Å². The lowest BCUT2D eigenvalue weighted by atomic mass is 9.97. The highest BCUT2D eigenvalue weighted by Gasteiger charge is 2.31. The highest BCUT2D eigenvalue weighted by atomic mass is 19.1. The molecule has 4 aromatic rings. The van der Waals surface area contributed by atoms with Gasteiger partial charge in [-0.25, -0.2) is 14.2 Å². The van der Waals surface area contributed by atoms with Crippen molar-refractivity contribution in [2.45, 2.75) is 38.8 Å². The van der Waals surface area contributed by atoms with Crippen LogP contribution in [0.4, 0.5) is 21.8 Å². The van der Waals surface area contributed by atoms with Crippen molar-refractivity contribution >= 4 is 34.3 Å². The van der Waals surface area contributed by atoms with Crippen molar-refractivity contribution in [1.82, 2.24) is 14.5 Å². The van der Waals surface area contributed by atoms with Gasteiger partial charge in [-0.15, -0.1) is 0 Å². The second kappa shape index (κ2) is 9.82. The van der Waals surface area contributed by atoms with Gasteiger partial charge >= 0.3 is 5.97 Å². The number of nitrogens with zero attached hydrogens (tertiary/aromatic N) is 4. The molecule has 10 nitrogen and oxygen atoms in total. The number of ether oxygens (including phenoxy) is 2. The molecular weight excluding hydrogens is 515 g/mol. The first-order valence-corrected chi connectivity index (χ1v) is 13.2. The fourth-order valence-electron chi connectivity index (χ4n) is 5.47. The Morgan fingerprint density at radius 1 is 1.23 bits per heavy atom. The van der Waals surface area contributed by atoms with E-state index >= 15 is 4.39 Å². The van der Waals surface area contributed by atoms with Crippen LogP contribution in [0.15, 0.2) is 41.5 Å². The number of fused-ring (bicyclic) bond motifs is 2. The largest absolute Gasteiger partial charge is 0.494 e. The topological polar surface area (TPSA) is 139 Å². The molecule has 40 heavy (non-hydrogen) atoms. The number of carbonyl (C=O) groups excluding carboxylic acids is 1. The van der Waals surface area contributed by atoms with Crippen LogP contribution in [0.5, 0.6) is 5.75 Å². The minimum absolute atomic E-state index is 0.0850. The summed E-state index contributed by atoms with van der Waals surface area (Å²) in [6, 6.07) is 7.05. The number of rotatable bonds is 7. The number of halogens is 1. The van der Waals surface area contributed by atoms with Crippen LogP contribution in [0.25, 0.3) is 22.0 Å². The van der Waals surface area contributed by atoms with E-state index < -0.39 is 17.2 Å². The fraction of sp³-hybridized carbons (Fsp3) is 0.310. The molecule has 0 unspecified atom stereocenters. The summed E-state index contributed by atoms with van der Waals surface area (Å²) in [5.74, 6) is -0.596. The SMILES string of the molecule is CCOC(=O)c1cn(C2CC2)c2c(OC)c(-c3ccc4c(c3)CCN4Cc3cnc(N)nc3N)c(F)cc2c1=O. The third kappa shape index (κ3) is 4.27. The van der Waals surface area contributed by atoms with Crippen molar-refractivity contribution in [1.29, 1.82) is 0 Å². The summed E-state index contributed by atoms with van der Waals surface area (Å²) in [7, 11) is 1.47. The zero-order valence-electron chi connectivity index (χ0n) is 22.2. The van der Waals surface area contributed by atoms with Crippen molar-refractivity contribution in [2.24, 2.45) is 0 Å². The van der Waals surface area contributed by atoms with E-state index in [1.165, 1.54) is 19.4 Å². The third-order valence-electron chi connectivity index (χ3n) is 7.50. The molecular formula is C29H29FN6O4. The smallest absolute Gasteiger partial charge is 0.343 e. The molecule has 2 aliphatic rings. The molecule has 0 spiro atoms. The predicted octanol–water partition coefficient (Wildman–Crippen LogP) is 3.84. The molecule has 0 bridgehead atoms. The van der Waals surface area contributed by atoms with Gasteiger partial charge in [0, 0.05) is 42.8 Å². The second-order valence-corrected chi connectivity index (χ2v) is 10.0. The highest BCUT2D eigenvalue weighted by Crippen LogP contribution is 2.45. The molecule has 1 aliphatic heterocycles. The van der Waals surface area contributed by atoms with Gasteiger partial charge in [-0.05, 0) is 55.5 Å². The maximum absolute atomic E-state index is 15.9. The van der Waals surface area contributed by atoms with Crippen LogP contribution in [0.1, 0.15) is 47.3 Å². The Balaban J connectivity index is 1.45. The number of aromatic nitrogens is 3. The van der Waals surface area contributed by atoms with E-state index in [2.05, 4.69) is 14.9 Å². The number of benzene rings is 2. The summed E-state index contributed by atoms with van der Waals surface area (Å²) in [4.78, 5) is 36.1. The van der Waals surface area contributed by atoms with E-state index in [1.807, 2.05) is 22.8 Å². The van der Waals surface area contributed by atoms with Crippen LogP contribution in [0.3, 0.4) is 0 Å². The number of nitrogen functional groups attached to an aromatic ring is 2. The maximum atomic E-state index is 15.9. The zero-order chi connectivity index (χ0) is 28.1. The molecule has 6 rings (SSSR count). The van der Waals surface area contributed by atoms with Crippen molar-refractivity contribution in [3.63, 3.8) is 0 Å². The number of anilines is 3. The Kier molecular flexibility index (Phi) is 6.28. The summed E-state index contributed by atoms with van der Waals surface area (Å²) in [6.45, 7) is 3.07. The first-order chi connectivity index (χ1) is 19.3. The van der Waals surface area contributed by atoms with Gasteiger partial charge in [0.1, 0.15) is 17.2 Å². The van der Waals surface area contributed by atoms with Crippen LogP contribution < -0.4 is 26.5 Å². The van der Waals surface area contributed by atoms with E-state index in [0.29, 0.717) is 23.4 Å². The van der Waals surface area contributed by atoms with E-state index in [4.69, 9.17) is 20.9 Å². The van der Waals surface area contributed by atoms with E-state index in [1.54, 1.807) is 13.1 Å². The van der Waals surface area contributed by atoms with Gasteiger partial charge in [0.2, 0.25) is 11.4 Å². The van der Waals surface area contributed by atoms with Crippen molar-refractivity contribution in [2.75, 3.05) is 36.6 Å². The molecule has 2 aromatic heterocycles. The number of hydrogen-bond donors (Lipinski definition) is 2. The van der Waals surface area contributed by atoms with Gasteiger partial charge in [-0.1, -0.05) is 6.07 Å². The first kappa shape index (κ1) is 25.6. The van der Waals surface area contributed by atoms with Crippen LogP contribution in [0.2, 0.25) is 0 Å². The number of carbonyl (C=O) groups is 1. The minimum atomic E-state index is -0.720. The molecule has 3 heterocycles. The molecule has 0 saturated heterocycles. The number of hydrogen-bond acceptors (Lipinski definition) is 9. The molecule has 4 N–H and O–H groups in total. The van der Waals surface area contributed by atoms with Crippen molar-refractivity contribution in [3.8, 4) is 16.9 Å². The lowest BCUT2D eigenvalue weighted by Gasteiger charge is -2.21. The maximum Gasteiger partial charge on any atom is 0.343 e. The molecule has 0 radical (unpaired) electrons. The van der Waals surface area contributed by atoms with Gasteiger partial charge in [0.15, 0.2) is 5.75 Å². The van der Waals surface area contributed by atoms with Gasteiger partial charge in [0.25, 0.3) is 0 Å². The number of methoxy groups -OCH3 is 1. The lowest BCUT2D eigenvalue weighted by Crippen LogP contribution is -2.21. The Labute approximate surface area is 229 Å². The van der Waals surface area contributed by atoms with Gasteiger partial charge in [0.05, 0.1) is 30.2 Å². The summed E-state index contributed by atoms with van der Waals surface area (Å²) < 4.78 is 28.6. The molecule has 11 heteroatoms. The Hall–Kier alpha value is -4.67. The highest BCUT2D eigenvalue weighted by molar-refractivity contribution is 5.98. The van der Waals surface area contributed by atoms with Crippen molar-refractivity contribution in [3.05, 3.63) is 69.4 Å². The van der Waals surface area contributed by atoms with Crippen LogP contribution in [-0.2, 0) is 17.7 Å². The van der Waals surface area contributed by atoms with Gasteiger partial charge < -0.3 is 30.4 Å². The molecule has 2 aromatic carbocycles. The first-order valence-electron chi connectivity index (χ1n) is 13.2. The van der Waals surface area contributed by atoms with Gasteiger partial charge in [-0.3, -0.25) is 4.79 Å². The quantitative estimate of drug-likeness (QED) is 0.332. The Bertz CT molecular complexity index is 1730. The lowest BCUT2D eigenvalue weighted by molar-refractivity contribution is 0.0524. The van der Waals surface area contributed by atoms with Crippen LogP contribution in [0, 0.1) is 5.82 Å². The average molecular weight is 545 g/mol. The number of esters is 1. The molecule has 1 fully saturated rings. The Morgan fingerprint density at radius 3 is 2.73 bits per heavy atom. The van der Waals surface area contributed by atoms with E-state index in [-0.39, 0.29) is 40.9 Å². The molecule has 0 atom stereocenters. The van der Waals surface area contributed by atoms with E-state index in [9.17, 15) is 9.59 Å².